The van der Waals surface area contributed by atoms with Crippen LogP contribution >= 0.6 is 11.3 Å². The zero-order valence-corrected chi connectivity index (χ0v) is 40.2. The van der Waals surface area contributed by atoms with Crippen molar-refractivity contribution in [2.24, 2.45) is 0 Å². The molecule has 68 heavy (non-hydrogen) atoms. The molecule has 0 unspecified atom stereocenters. The van der Waals surface area contributed by atoms with Crippen LogP contribution in [-0.2, 0) is 16.2 Å². The monoisotopic (exact) mass is 897 g/mol. The van der Waals surface area contributed by atoms with E-state index in [1.165, 1.54) is 91.8 Å². The van der Waals surface area contributed by atoms with Crippen molar-refractivity contribution in [2.75, 3.05) is 4.81 Å². The summed E-state index contributed by atoms with van der Waals surface area (Å²) in [6.07, 6.45) is 2.27. The predicted octanol–water partition coefficient (Wildman–Crippen LogP) is 15.7. The molecule has 0 radical (unpaired) electrons. The Morgan fingerprint density at radius 3 is 2.13 bits per heavy atom. The zero-order valence-electron chi connectivity index (χ0n) is 39.3. The molecule has 2 aliphatic heterocycles. The average Bonchev–Trinajstić information content (AvgIpc) is 4.11. The predicted molar refractivity (Wildman–Crippen MR) is 287 cm³/mol. The van der Waals surface area contributed by atoms with Gasteiger partial charge in [0.2, 0.25) is 5.89 Å². The summed E-state index contributed by atoms with van der Waals surface area (Å²) in [6, 6.07) is 52.0. The number of hydrogen-bond donors (Lipinski definition) is 0. The van der Waals surface area contributed by atoms with Gasteiger partial charge in [-0.1, -0.05) is 115 Å². The van der Waals surface area contributed by atoms with Gasteiger partial charge in [-0.05, 0) is 129 Å². The first-order valence-corrected chi connectivity index (χ1v) is 25.0. The molecular weight excluding hydrogens is 850 g/mol. The Hall–Kier alpha value is -7.09. The van der Waals surface area contributed by atoms with Crippen LogP contribution in [0.15, 0.2) is 148 Å². The van der Waals surface area contributed by atoms with Crippen molar-refractivity contribution >= 4 is 116 Å². The minimum absolute atomic E-state index is 0.00247. The highest BCUT2D eigenvalue weighted by atomic mass is 32.1. The van der Waals surface area contributed by atoms with Crippen LogP contribution in [-0.4, -0.2) is 16.4 Å². The standard InChI is InChI=1S/C61H48BN3O2S/c1-59(2,3)34-21-23-35(24-22-34)65-46-28-38-36-17-12-14-20-50(36)68-51(38)29-40(46)52-53-37-18-11-13-19-48(37)66-57(53)54-39-27-41-42(61(6,7)26-25-60(41,4)5)30-45(39)64-47-32-49-44(31-43(47)62(65)55(52)56(54)64)63-58(67-49)33-15-9-8-10-16-33/h8-24,27-32H,25-26H2,1-7H3. The Bertz CT molecular complexity index is 4200. The van der Waals surface area contributed by atoms with Crippen LogP contribution in [0.5, 0.6) is 0 Å². The number of fused-ring (bicyclic) bond motifs is 18. The molecular formula is C61H48BN3O2S. The van der Waals surface area contributed by atoms with Crippen LogP contribution in [0.2, 0.25) is 0 Å². The molecule has 6 heterocycles. The minimum atomic E-state index is -0.225. The molecule has 0 amide bonds. The van der Waals surface area contributed by atoms with E-state index in [2.05, 4.69) is 191 Å². The third-order valence-electron chi connectivity index (χ3n) is 16.2. The SMILES string of the molecule is CC(C)(C)c1ccc(N2B3c4cc5nc(-c6ccccc6)oc5cc4-n4c5cc6c(cc5c5c7oc8ccccc8c7c(c3c54)-c3cc4sc5ccccc5c4cc32)C(C)(C)CCC6(C)C)cc1. The van der Waals surface area contributed by atoms with E-state index in [0.29, 0.717) is 5.89 Å². The molecule has 15 rings (SSSR count). The first-order chi connectivity index (χ1) is 32.8. The fraction of sp³-hybridized carbons (Fsp3) is 0.197. The number of anilines is 2. The number of aromatic nitrogens is 2. The normalized spacial score (nSPS) is 15.9. The third-order valence-corrected chi connectivity index (χ3v) is 17.3. The molecule has 0 saturated heterocycles. The Kier molecular flexibility index (Phi) is 7.40. The maximum Gasteiger partial charge on any atom is 0.333 e. The molecule has 0 N–H and O–H groups in total. The maximum absolute atomic E-state index is 7.31. The van der Waals surface area contributed by atoms with Crippen molar-refractivity contribution in [3.63, 3.8) is 0 Å². The number of rotatable bonds is 2. The highest BCUT2D eigenvalue weighted by molar-refractivity contribution is 7.25. The first-order valence-electron chi connectivity index (χ1n) is 24.2. The first kappa shape index (κ1) is 39.0. The number of benzene rings is 8. The second-order valence-electron chi connectivity index (χ2n) is 22.1. The summed E-state index contributed by atoms with van der Waals surface area (Å²) in [5, 5.41) is 7.31. The summed E-state index contributed by atoms with van der Waals surface area (Å²) in [4.78, 5) is 7.93. The van der Waals surface area contributed by atoms with Gasteiger partial charge in [-0.3, -0.25) is 0 Å². The molecule has 0 atom stereocenters. The lowest BCUT2D eigenvalue weighted by atomic mass is 9.43. The van der Waals surface area contributed by atoms with Crippen molar-refractivity contribution in [3.8, 4) is 28.3 Å². The van der Waals surface area contributed by atoms with Crippen LogP contribution in [0.25, 0.3) is 103 Å². The molecule has 0 fully saturated rings. The van der Waals surface area contributed by atoms with Gasteiger partial charge in [0.05, 0.1) is 16.4 Å². The molecule has 1 aliphatic carbocycles. The lowest BCUT2D eigenvalue weighted by molar-refractivity contribution is 0.332. The van der Waals surface area contributed by atoms with E-state index in [1.807, 2.05) is 17.4 Å². The fourth-order valence-corrected chi connectivity index (χ4v) is 13.7. The van der Waals surface area contributed by atoms with Gasteiger partial charge in [0.25, 0.3) is 0 Å². The zero-order chi connectivity index (χ0) is 45.7. The van der Waals surface area contributed by atoms with Crippen LogP contribution in [0, 0.1) is 0 Å². The number of para-hydroxylation sites is 1. The number of thiophene rings is 1. The second kappa shape index (κ2) is 12.9. The largest absolute Gasteiger partial charge is 0.455 e. The summed E-state index contributed by atoms with van der Waals surface area (Å²) in [7, 11) is 0. The Morgan fingerprint density at radius 2 is 1.35 bits per heavy atom. The number of hydrogen-bond acceptors (Lipinski definition) is 5. The number of furan rings is 1. The molecule has 328 valence electrons. The van der Waals surface area contributed by atoms with E-state index in [9.17, 15) is 0 Å². The van der Waals surface area contributed by atoms with E-state index in [4.69, 9.17) is 13.8 Å². The van der Waals surface area contributed by atoms with Gasteiger partial charge in [-0.25, -0.2) is 4.98 Å². The molecule has 0 spiro atoms. The molecule has 0 bridgehead atoms. The highest BCUT2D eigenvalue weighted by Gasteiger charge is 2.47. The summed E-state index contributed by atoms with van der Waals surface area (Å²) < 4.78 is 19.3. The maximum atomic E-state index is 7.31. The minimum Gasteiger partial charge on any atom is -0.455 e. The van der Waals surface area contributed by atoms with Crippen LogP contribution < -0.4 is 15.7 Å². The van der Waals surface area contributed by atoms with Crippen molar-refractivity contribution in [2.45, 2.75) is 77.6 Å². The van der Waals surface area contributed by atoms with Gasteiger partial charge in [0.15, 0.2) is 5.58 Å². The highest BCUT2D eigenvalue weighted by Crippen LogP contribution is 2.55. The van der Waals surface area contributed by atoms with E-state index >= 15 is 0 Å². The van der Waals surface area contributed by atoms with Crippen molar-refractivity contribution in [1.82, 2.24) is 9.55 Å². The summed E-state index contributed by atoms with van der Waals surface area (Å²) >= 11 is 1.89. The number of oxazole rings is 1. The fourth-order valence-electron chi connectivity index (χ4n) is 12.6. The van der Waals surface area contributed by atoms with Crippen molar-refractivity contribution in [3.05, 3.63) is 156 Å². The summed E-state index contributed by atoms with van der Waals surface area (Å²) in [5.41, 5.74) is 19.5. The van der Waals surface area contributed by atoms with E-state index in [0.717, 1.165) is 57.4 Å². The van der Waals surface area contributed by atoms with Gasteiger partial charge >= 0.3 is 6.85 Å². The van der Waals surface area contributed by atoms with Crippen LogP contribution in [0.4, 0.5) is 11.4 Å². The van der Waals surface area contributed by atoms with E-state index < -0.39 is 0 Å². The van der Waals surface area contributed by atoms with Crippen LogP contribution in [0.3, 0.4) is 0 Å². The molecule has 7 heteroatoms. The van der Waals surface area contributed by atoms with Gasteiger partial charge in [-0.15, -0.1) is 11.3 Å². The summed E-state index contributed by atoms with van der Waals surface area (Å²) in [6.45, 7) is 16.4. The lowest BCUT2D eigenvalue weighted by Gasteiger charge is -2.42. The topological polar surface area (TPSA) is 47.3 Å². The molecule has 8 aromatic carbocycles. The quantitative estimate of drug-likeness (QED) is 0.162. The molecule has 0 saturated carbocycles. The second-order valence-corrected chi connectivity index (χ2v) is 23.2. The Labute approximate surface area is 398 Å². The van der Waals surface area contributed by atoms with E-state index in [1.54, 1.807) is 0 Å². The Morgan fingerprint density at radius 1 is 0.632 bits per heavy atom. The van der Waals surface area contributed by atoms with Gasteiger partial charge in [0.1, 0.15) is 16.7 Å². The Balaban J connectivity index is 1.18. The molecule has 12 aromatic rings. The van der Waals surface area contributed by atoms with E-state index in [-0.39, 0.29) is 23.1 Å². The van der Waals surface area contributed by atoms with Gasteiger partial charge in [0, 0.05) is 70.6 Å². The van der Waals surface area contributed by atoms with Gasteiger partial charge in [-0.2, -0.15) is 0 Å². The molecule has 4 aromatic heterocycles. The number of nitrogens with zero attached hydrogens (tertiary/aromatic N) is 3. The third kappa shape index (κ3) is 5.04. The van der Waals surface area contributed by atoms with Crippen LogP contribution in [0.1, 0.15) is 78.0 Å². The van der Waals surface area contributed by atoms with Gasteiger partial charge < -0.3 is 18.2 Å². The summed E-state index contributed by atoms with van der Waals surface area (Å²) in [5.74, 6) is 0.626. The lowest BCUT2D eigenvalue weighted by Crippen LogP contribution is -2.60. The molecule has 5 nitrogen and oxygen atoms in total. The van der Waals surface area contributed by atoms with Crippen molar-refractivity contribution < 1.29 is 8.83 Å². The smallest absolute Gasteiger partial charge is 0.333 e. The average molecular weight is 898 g/mol. The molecule has 3 aliphatic rings. The van der Waals surface area contributed by atoms with Crippen molar-refractivity contribution in [1.29, 1.82) is 0 Å².